The van der Waals surface area contributed by atoms with Crippen LogP contribution in [0.2, 0.25) is 0 Å². The van der Waals surface area contributed by atoms with E-state index in [0.29, 0.717) is 12.8 Å². The smallest absolute Gasteiger partial charge is 0.462 e. The maximum atomic E-state index is 12.4. The summed E-state index contributed by atoms with van der Waals surface area (Å²) in [5.74, 6) is -1.10. The van der Waals surface area contributed by atoms with E-state index < -0.39 is 32.5 Å². The minimum Gasteiger partial charge on any atom is -0.462 e. The summed E-state index contributed by atoms with van der Waals surface area (Å²) in [6.07, 6.45) is 60.5. The molecular formula is C47H71O8P. The van der Waals surface area contributed by atoms with Gasteiger partial charge in [0, 0.05) is 12.8 Å². The fourth-order valence-electron chi connectivity index (χ4n) is 4.67. The molecule has 0 saturated carbocycles. The van der Waals surface area contributed by atoms with E-state index in [1.54, 1.807) is 0 Å². The van der Waals surface area contributed by atoms with Gasteiger partial charge in [-0.15, -0.1) is 0 Å². The minimum atomic E-state index is -4.80. The van der Waals surface area contributed by atoms with Gasteiger partial charge in [-0.25, -0.2) is 4.57 Å². The van der Waals surface area contributed by atoms with Gasteiger partial charge in [-0.05, 0) is 89.9 Å². The highest BCUT2D eigenvalue weighted by atomic mass is 31.2. The van der Waals surface area contributed by atoms with Crippen molar-refractivity contribution < 1.29 is 37.9 Å². The molecule has 56 heavy (non-hydrogen) atoms. The van der Waals surface area contributed by atoms with E-state index >= 15 is 0 Å². The average molecular weight is 795 g/mol. The van der Waals surface area contributed by atoms with Crippen LogP contribution >= 0.6 is 7.82 Å². The molecule has 312 valence electrons. The lowest BCUT2D eigenvalue weighted by molar-refractivity contribution is -0.161. The van der Waals surface area contributed by atoms with Crippen molar-refractivity contribution in [3.63, 3.8) is 0 Å². The molecule has 9 heteroatoms. The summed E-state index contributed by atoms with van der Waals surface area (Å²) in [5, 5.41) is 0. The Morgan fingerprint density at radius 2 is 0.839 bits per heavy atom. The molecule has 8 nitrogen and oxygen atoms in total. The summed E-state index contributed by atoms with van der Waals surface area (Å²) in [6.45, 7) is 3.39. The molecule has 0 bridgehead atoms. The number of hydrogen-bond donors (Lipinski definition) is 2. The van der Waals surface area contributed by atoms with Crippen LogP contribution < -0.4 is 0 Å². The van der Waals surface area contributed by atoms with Crippen molar-refractivity contribution in [3.05, 3.63) is 134 Å². The molecule has 0 unspecified atom stereocenters. The van der Waals surface area contributed by atoms with Crippen LogP contribution in [0.25, 0.3) is 0 Å². The summed E-state index contributed by atoms with van der Waals surface area (Å²) >= 11 is 0. The summed E-state index contributed by atoms with van der Waals surface area (Å²) in [6, 6.07) is 0. The Labute approximate surface area is 339 Å². The molecule has 0 amide bonds. The van der Waals surface area contributed by atoms with E-state index in [1.165, 1.54) is 25.7 Å². The third kappa shape index (κ3) is 42.9. The fraction of sp³-hybridized carbons (Fsp3) is 0.489. The van der Waals surface area contributed by atoms with E-state index in [2.05, 4.69) is 128 Å². The topological polar surface area (TPSA) is 119 Å². The molecule has 0 aliphatic carbocycles. The number of carbonyl (C=O) groups is 2. The first kappa shape index (κ1) is 52.2. The fourth-order valence-corrected chi connectivity index (χ4v) is 5.03. The van der Waals surface area contributed by atoms with Gasteiger partial charge >= 0.3 is 19.8 Å². The van der Waals surface area contributed by atoms with Gasteiger partial charge in [0.2, 0.25) is 0 Å². The minimum absolute atomic E-state index is 0.0636. The van der Waals surface area contributed by atoms with Crippen LogP contribution in [0.3, 0.4) is 0 Å². The number of esters is 2. The highest BCUT2D eigenvalue weighted by Gasteiger charge is 2.22. The molecule has 0 radical (unpaired) electrons. The van der Waals surface area contributed by atoms with Crippen LogP contribution in [0, 0.1) is 0 Å². The predicted molar refractivity (Wildman–Crippen MR) is 234 cm³/mol. The molecular weight excluding hydrogens is 723 g/mol. The van der Waals surface area contributed by atoms with Gasteiger partial charge in [-0.3, -0.25) is 14.1 Å². The predicted octanol–water partition coefficient (Wildman–Crippen LogP) is 12.7. The van der Waals surface area contributed by atoms with Crippen LogP contribution in [0.1, 0.15) is 129 Å². The Kier molecular flexibility index (Phi) is 38.1. The molecule has 0 fully saturated rings. The molecule has 0 saturated heterocycles. The lowest BCUT2D eigenvalue weighted by Gasteiger charge is -2.18. The maximum absolute atomic E-state index is 12.4. The molecule has 0 aromatic carbocycles. The van der Waals surface area contributed by atoms with Crippen molar-refractivity contribution >= 4 is 19.8 Å². The highest BCUT2D eigenvalue weighted by molar-refractivity contribution is 7.46. The first-order chi connectivity index (χ1) is 27.3. The summed E-state index contributed by atoms with van der Waals surface area (Å²) in [4.78, 5) is 42.8. The van der Waals surface area contributed by atoms with Crippen molar-refractivity contribution in [2.24, 2.45) is 0 Å². The van der Waals surface area contributed by atoms with Gasteiger partial charge in [-0.2, -0.15) is 0 Å². The number of hydrogen-bond acceptors (Lipinski definition) is 6. The normalized spacial score (nSPS) is 13.9. The average Bonchev–Trinajstić information content (AvgIpc) is 3.17. The Balaban J connectivity index is 4.22. The quantitative estimate of drug-likeness (QED) is 0.0282. The zero-order valence-corrected chi connectivity index (χ0v) is 35.1. The van der Waals surface area contributed by atoms with Gasteiger partial charge < -0.3 is 19.3 Å². The highest BCUT2D eigenvalue weighted by Crippen LogP contribution is 2.35. The van der Waals surface area contributed by atoms with Crippen molar-refractivity contribution in [1.82, 2.24) is 0 Å². The van der Waals surface area contributed by atoms with Gasteiger partial charge in [0.1, 0.15) is 6.61 Å². The monoisotopic (exact) mass is 794 g/mol. The van der Waals surface area contributed by atoms with E-state index in [4.69, 9.17) is 19.3 Å². The molecule has 0 aliphatic rings. The number of rotatable bonds is 35. The zero-order valence-electron chi connectivity index (χ0n) is 34.2. The molecule has 0 spiro atoms. The number of allylic oxidation sites excluding steroid dienone is 22. The van der Waals surface area contributed by atoms with Crippen LogP contribution in [0.15, 0.2) is 134 Å². The Hall–Kier alpha value is -3.81. The largest absolute Gasteiger partial charge is 0.469 e. The van der Waals surface area contributed by atoms with Crippen LogP contribution in [0.5, 0.6) is 0 Å². The standard InChI is InChI=1S/C47H71O8P/c1-3-5-7-9-11-13-15-17-19-21-23-25-27-29-31-33-35-37-39-41-46(48)53-43-45(44-54-56(50,51)52)55-47(49)42-40-38-36-34-32-30-28-26-24-22-20-18-16-14-12-10-8-6-4-2/h5,7,11-14,17-20,23-26,29-32,35-38,45H,3-4,6,8-10,15-16,21-22,27-28,33-34,39-44H2,1-2H3,(H2,50,51,52)/b7-5+,13-11+,14-12+,19-17+,20-18+,25-23+,26-24+,31-29+,32-30+,37-35+,38-36+/t45-/m1/s1. The van der Waals surface area contributed by atoms with Crippen molar-refractivity contribution in [1.29, 1.82) is 0 Å². The molecule has 0 aromatic rings. The number of phosphoric ester groups is 1. The third-order valence-corrected chi connectivity index (χ3v) is 8.17. The van der Waals surface area contributed by atoms with Gasteiger partial charge in [0.15, 0.2) is 6.10 Å². The second-order valence-corrected chi connectivity index (χ2v) is 14.1. The van der Waals surface area contributed by atoms with E-state index in [0.717, 1.165) is 64.2 Å². The zero-order chi connectivity index (χ0) is 41.1. The lowest BCUT2D eigenvalue weighted by Crippen LogP contribution is -2.29. The number of ether oxygens (including phenoxy) is 2. The van der Waals surface area contributed by atoms with E-state index in [-0.39, 0.29) is 19.4 Å². The Bertz CT molecular complexity index is 1350. The molecule has 1 atom stereocenters. The van der Waals surface area contributed by atoms with Crippen molar-refractivity contribution in [2.75, 3.05) is 13.2 Å². The maximum Gasteiger partial charge on any atom is 0.469 e. The van der Waals surface area contributed by atoms with Crippen LogP contribution in [0.4, 0.5) is 0 Å². The van der Waals surface area contributed by atoms with Crippen LogP contribution in [-0.4, -0.2) is 41.0 Å². The number of carbonyl (C=O) groups excluding carboxylic acids is 2. The first-order valence-electron chi connectivity index (χ1n) is 20.5. The SMILES string of the molecule is CC/C=C/C/C=C/C/C=C/C/C=C/C/C=C/C/C=C/CCC(=O)OC[C@H](COP(=O)(O)O)OC(=O)CC/C=C/C/C=C/C/C=C/C/C=C/C/C=C/CCCCC. The van der Waals surface area contributed by atoms with E-state index in [1.807, 2.05) is 24.3 Å². The van der Waals surface area contributed by atoms with Crippen molar-refractivity contribution in [2.45, 2.75) is 136 Å². The molecule has 2 N–H and O–H groups in total. The molecule has 0 aromatic heterocycles. The number of phosphoric acid groups is 1. The summed E-state index contributed by atoms with van der Waals surface area (Å²) in [5.41, 5.74) is 0. The van der Waals surface area contributed by atoms with Gasteiger partial charge in [0.25, 0.3) is 0 Å². The van der Waals surface area contributed by atoms with Crippen molar-refractivity contribution in [3.8, 4) is 0 Å². The van der Waals surface area contributed by atoms with Gasteiger partial charge in [-0.1, -0.05) is 160 Å². The second kappa shape index (κ2) is 40.8. The third-order valence-electron chi connectivity index (χ3n) is 7.68. The number of unbranched alkanes of at least 4 members (excludes halogenated alkanes) is 3. The molecule has 0 heterocycles. The Morgan fingerprint density at radius 1 is 0.482 bits per heavy atom. The van der Waals surface area contributed by atoms with E-state index in [9.17, 15) is 14.2 Å². The Morgan fingerprint density at radius 3 is 1.21 bits per heavy atom. The molecule has 0 aliphatic heterocycles. The first-order valence-corrected chi connectivity index (χ1v) is 22.0. The summed E-state index contributed by atoms with van der Waals surface area (Å²) < 4.78 is 26.2. The lowest BCUT2D eigenvalue weighted by atomic mass is 10.2. The second-order valence-electron chi connectivity index (χ2n) is 12.9. The van der Waals surface area contributed by atoms with Crippen LogP contribution in [-0.2, 0) is 28.2 Å². The summed E-state index contributed by atoms with van der Waals surface area (Å²) in [7, 11) is -4.80. The molecule has 0 rings (SSSR count). The van der Waals surface area contributed by atoms with Gasteiger partial charge in [0.05, 0.1) is 6.61 Å².